The molecule has 0 aliphatic heterocycles. The Labute approximate surface area is 126 Å². The number of nitrogens with two attached hydrogens (primary N) is 1. The number of anilines is 1. The molecule has 1 aromatic carbocycles. The molecule has 0 spiro atoms. The lowest BCUT2D eigenvalue weighted by atomic mass is 9.99. The van der Waals surface area contributed by atoms with E-state index in [4.69, 9.17) is 17.3 Å². The molecule has 0 saturated heterocycles. The molecular weight excluding hydrogens is 289 g/mol. The Hall–Kier alpha value is -2.20. The number of pyridine rings is 2. The molecule has 0 atom stereocenters. The van der Waals surface area contributed by atoms with Gasteiger partial charge >= 0.3 is 0 Å². The molecule has 21 heavy (non-hydrogen) atoms. The average Bonchev–Trinajstić information content (AvgIpc) is 2.48. The lowest BCUT2D eigenvalue weighted by molar-refractivity contribution is 0.624. The number of halogens is 2. The molecule has 3 rings (SSSR count). The zero-order valence-corrected chi connectivity index (χ0v) is 12.2. The molecule has 106 valence electrons. The maximum Gasteiger partial charge on any atom is 0.142 e. The monoisotopic (exact) mass is 301 g/mol. The van der Waals surface area contributed by atoms with Gasteiger partial charge < -0.3 is 5.73 Å². The van der Waals surface area contributed by atoms with Gasteiger partial charge in [0.05, 0.1) is 22.4 Å². The summed E-state index contributed by atoms with van der Waals surface area (Å²) in [5.74, 6) is 0.0906. The summed E-state index contributed by atoms with van der Waals surface area (Å²) in [7, 11) is 0. The standard InChI is InChI=1S/C16H13ClFN3/c1-2-13-11(4-6-14(19)21-13)15-12(17)5-3-9-7-10(18)8-20-16(9)15/h3-8H,2H2,1H3,(H2,19,21). The first-order valence-electron chi connectivity index (χ1n) is 6.59. The van der Waals surface area contributed by atoms with Crippen molar-refractivity contribution in [2.75, 3.05) is 5.73 Å². The van der Waals surface area contributed by atoms with E-state index in [2.05, 4.69) is 9.97 Å². The third kappa shape index (κ3) is 2.43. The molecule has 2 heterocycles. The Morgan fingerprint density at radius 2 is 2.05 bits per heavy atom. The van der Waals surface area contributed by atoms with Gasteiger partial charge in [0.1, 0.15) is 11.6 Å². The van der Waals surface area contributed by atoms with Crippen molar-refractivity contribution in [3.8, 4) is 11.1 Å². The van der Waals surface area contributed by atoms with Crippen molar-refractivity contribution in [1.29, 1.82) is 0 Å². The average molecular weight is 302 g/mol. The van der Waals surface area contributed by atoms with Gasteiger partial charge in [0, 0.05) is 16.5 Å². The highest BCUT2D eigenvalue weighted by atomic mass is 35.5. The number of aryl methyl sites for hydroxylation is 1. The summed E-state index contributed by atoms with van der Waals surface area (Å²) < 4.78 is 13.3. The highest BCUT2D eigenvalue weighted by Gasteiger charge is 2.14. The van der Waals surface area contributed by atoms with Crippen LogP contribution in [-0.2, 0) is 6.42 Å². The molecule has 0 radical (unpaired) electrons. The highest BCUT2D eigenvalue weighted by Crippen LogP contribution is 2.36. The van der Waals surface area contributed by atoms with E-state index in [1.807, 2.05) is 13.0 Å². The molecule has 0 aliphatic carbocycles. The first-order valence-corrected chi connectivity index (χ1v) is 6.97. The van der Waals surface area contributed by atoms with Crippen molar-refractivity contribution in [1.82, 2.24) is 9.97 Å². The van der Waals surface area contributed by atoms with Crippen LogP contribution in [0.5, 0.6) is 0 Å². The van der Waals surface area contributed by atoms with E-state index >= 15 is 0 Å². The van der Waals surface area contributed by atoms with Crippen LogP contribution in [0.2, 0.25) is 5.02 Å². The number of nitrogen functional groups attached to an aromatic ring is 1. The summed E-state index contributed by atoms with van der Waals surface area (Å²) in [4.78, 5) is 8.55. The Kier molecular flexibility index (Phi) is 3.47. The van der Waals surface area contributed by atoms with Crippen LogP contribution in [0, 0.1) is 5.82 Å². The predicted molar refractivity (Wildman–Crippen MR) is 83.7 cm³/mol. The second kappa shape index (κ2) is 5.30. The third-order valence-electron chi connectivity index (χ3n) is 3.37. The van der Waals surface area contributed by atoms with E-state index in [1.165, 1.54) is 12.3 Å². The van der Waals surface area contributed by atoms with Crippen molar-refractivity contribution in [2.24, 2.45) is 0 Å². The predicted octanol–water partition coefficient (Wildman–Crippen LogP) is 4.23. The van der Waals surface area contributed by atoms with Gasteiger partial charge in [0.15, 0.2) is 0 Å². The summed E-state index contributed by atoms with van der Waals surface area (Å²) in [6.45, 7) is 2.00. The van der Waals surface area contributed by atoms with Crippen molar-refractivity contribution in [3.05, 3.63) is 53.1 Å². The van der Waals surface area contributed by atoms with Crippen LogP contribution < -0.4 is 5.73 Å². The molecule has 0 unspecified atom stereocenters. The normalized spacial score (nSPS) is 11.0. The summed E-state index contributed by atoms with van der Waals surface area (Å²) >= 11 is 6.35. The maximum atomic E-state index is 13.3. The van der Waals surface area contributed by atoms with E-state index in [-0.39, 0.29) is 5.82 Å². The molecule has 0 saturated carbocycles. The summed E-state index contributed by atoms with van der Waals surface area (Å²) in [5.41, 5.74) is 8.88. The van der Waals surface area contributed by atoms with Gasteiger partial charge in [0.2, 0.25) is 0 Å². The van der Waals surface area contributed by atoms with Crippen LogP contribution in [0.25, 0.3) is 22.0 Å². The molecule has 5 heteroatoms. The Morgan fingerprint density at radius 3 is 2.81 bits per heavy atom. The lowest BCUT2D eigenvalue weighted by Crippen LogP contribution is -1.99. The number of hydrogen-bond donors (Lipinski definition) is 1. The quantitative estimate of drug-likeness (QED) is 0.770. The van der Waals surface area contributed by atoms with Gasteiger partial charge in [-0.1, -0.05) is 24.6 Å². The molecule has 0 aliphatic rings. The second-order valence-corrected chi connectivity index (χ2v) is 5.14. The number of rotatable bonds is 2. The van der Waals surface area contributed by atoms with E-state index < -0.39 is 0 Å². The van der Waals surface area contributed by atoms with Crippen molar-refractivity contribution < 1.29 is 4.39 Å². The summed E-state index contributed by atoms with van der Waals surface area (Å²) in [6, 6.07) is 8.56. The van der Waals surface area contributed by atoms with Crippen molar-refractivity contribution in [3.63, 3.8) is 0 Å². The van der Waals surface area contributed by atoms with E-state index in [1.54, 1.807) is 18.2 Å². The van der Waals surface area contributed by atoms with Crippen LogP contribution in [0.4, 0.5) is 10.2 Å². The molecule has 2 N–H and O–H groups in total. The maximum absolute atomic E-state index is 13.3. The Morgan fingerprint density at radius 1 is 1.24 bits per heavy atom. The molecule has 0 bridgehead atoms. The van der Waals surface area contributed by atoms with Crippen LogP contribution in [0.3, 0.4) is 0 Å². The van der Waals surface area contributed by atoms with Gasteiger partial charge in [-0.05, 0) is 30.7 Å². The van der Waals surface area contributed by atoms with E-state index in [0.29, 0.717) is 28.2 Å². The minimum absolute atomic E-state index is 0.373. The smallest absolute Gasteiger partial charge is 0.142 e. The fourth-order valence-electron chi connectivity index (χ4n) is 2.42. The number of nitrogens with zero attached hydrogens (tertiary/aromatic N) is 2. The van der Waals surface area contributed by atoms with Gasteiger partial charge in [-0.2, -0.15) is 0 Å². The van der Waals surface area contributed by atoms with Crippen LogP contribution >= 0.6 is 11.6 Å². The number of aromatic nitrogens is 2. The zero-order valence-electron chi connectivity index (χ0n) is 11.4. The van der Waals surface area contributed by atoms with Gasteiger partial charge in [-0.3, -0.25) is 4.98 Å². The minimum Gasteiger partial charge on any atom is -0.384 e. The van der Waals surface area contributed by atoms with Gasteiger partial charge in [0.25, 0.3) is 0 Å². The Balaban J connectivity index is 2.36. The fourth-order valence-corrected chi connectivity index (χ4v) is 2.68. The lowest BCUT2D eigenvalue weighted by Gasteiger charge is -2.12. The molecule has 0 fully saturated rings. The molecule has 0 amide bonds. The second-order valence-electron chi connectivity index (χ2n) is 4.73. The summed E-state index contributed by atoms with van der Waals surface area (Å²) in [5, 5.41) is 1.26. The number of benzene rings is 1. The molecular formula is C16H13ClFN3. The van der Waals surface area contributed by atoms with Crippen molar-refractivity contribution in [2.45, 2.75) is 13.3 Å². The number of hydrogen-bond acceptors (Lipinski definition) is 3. The first kappa shape index (κ1) is 13.8. The van der Waals surface area contributed by atoms with E-state index in [9.17, 15) is 4.39 Å². The Bertz CT molecular complexity index is 833. The summed E-state index contributed by atoms with van der Waals surface area (Å²) in [6.07, 6.45) is 1.91. The minimum atomic E-state index is -0.373. The third-order valence-corrected chi connectivity index (χ3v) is 3.68. The first-order chi connectivity index (χ1) is 10.1. The zero-order chi connectivity index (χ0) is 15.0. The molecule has 3 aromatic rings. The van der Waals surface area contributed by atoms with Gasteiger partial charge in [-0.15, -0.1) is 0 Å². The van der Waals surface area contributed by atoms with Gasteiger partial charge in [-0.25, -0.2) is 9.37 Å². The van der Waals surface area contributed by atoms with Crippen LogP contribution in [0.1, 0.15) is 12.6 Å². The van der Waals surface area contributed by atoms with Crippen LogP contribution in [0.15, 0.2) is 36.5 Å². The van der Waals surface area contributed by atoms with E-state index in [0.717, 1.165) is 16.8 Å². The number of fused-ring (bicyclic) bond motifs is 1. The highest BCUT2D eigenvalue weighted by molar-refractivity contribution is 6.35. The van der Waals surface area contributed by atoms with Crippen molar-refractivity contribution >= 4 is 28.3 Å². The van der Waals surface area contributed by atoms with Crippen LogP contribution in [-0.4, -0.2) is 9.97 Å². The fraction of sp³-hybridized carbons (Fsp3) is 0.125. The SMILES string of the molecule is CCc1nc(N)ccc1-c1c(Cl)ccc2cc(F)cnc12. The topological polar surface area (TPSA) is 51.8 Å². The molecule has 3 nitrogen and oxygen atoms in total. The molecule has 2 aromatic heterocycles. The largest absolute Gasteiger partial charge is 0.384 e.